The highest BCUT2D eigenvalue weighted by atomic mass is 16.5. The first kappa shape index (κ1) is 16.2. The number of amides is 2. The highest BCUT2D eigenvalue weighted by Gasteiger charge is 2.23. The molecule has 24 heavy (non-hydrogen) atoms. The van der Waals surface area contributed by atoms with Crippen LogP contribution >= 0.6 is 0 Å². The summed E-state index contributed by atoms with van der Waals surface area (Å²) in [6, 6.07) is 4.00. The Balaban J connectivity index is 1.39. The van der Waals surface area contributed by atoms with Crippen molar-refractivity contribution in [3.8, 4) is 5.75 Å². The number of aromatic nitrogens is 4. The van der Waals surface area contributed by atoms with Gasteiger partial charge in [0.2, 0.25) is 0 Å². The van der Waals surface area contributed by atoms with Crippen molar-refractivity contribution in [3.63, 3.8) is 0 Å². The molecule has 8 heteroatoms. The predicted octanol–water partition coefficient (Wildman–Crippen LogP) is 1.49. The van der Waals surface area contributed by atoms with Crippen molar-refractivity contribution in [1.82, 2.24) is 30.0 Å². The van der Waals surface area contributed by atoms with Gasteiger partial charge in [0.15, 0.2) is 0 Å². The van der Waals surface area contributed by atoms with Gasteiger partial charge in [0.1, 0.15) is 24.5 Å². The number of nitrogens with one attached hydrogen (secondary N) is 1. The van der Waals surface area contributed by atoms with Gasteiger partial charge in [0.25, 0.3) is 0 Å². The minimum absolute atomic E-state index is 0.0427. The summed E-state index contributed by atoms with van der Waals surface area (Å²) in [5.74, 6) is 0.703. The second-order valence-corrected chi connectivity index (χ2v) is 5.93. The molecule has 0 aliphatic carbocycles. The third-order valence-corrected chi connectivity index (χ3v) is 4.12. The average molecular weight is 330 g/mol. The fourth-order valence-electron chi connectivity index (χ4n) is 2.80. The lowest BCUT2D eigenvalue weighted by Crippen LogP contribution is -2.46. The maximum atomic E-state index is 12.3. The topological polar surface area (TPSA) is 85.2 Å². The summed E-state index contributed by atoms with van der Waals surface area (Å²) in [4.78, 5) is 18.1. The normalized spacial score (nSPS) is 16.6. The number of urea groups is 1. The number of nitrogens with zero attached hydrogens (tertiary/aromatic N) is 5. The van der Waals surface area contributed by atoms with Crippen LogP contribution in [0, 0.1) is 0 Å². The van der Waals surface area contributed by atoms with Crippen LogP contribution in [0.4, 0.5) is 4.79 Å². The molecule has 0 radical (unpaired) electrons. The number of ether oxygens (including phenoxy) is 1. The van der Waals surface area contributed by atoms with Gasteiger partial charge < -0.3 is 19.5 Å². The van der Waals surface area contributed by atoms with Crippen molar-refractivity contribution in [2.24, 2.45) is 0 Å². The van der Waals surface area contributed by atoms with Gasteiger partial charge >= 0.3 is 6.03 Å². The third-order valence-electron chi connectivity index (χ3n) is 4.12. The number of hydrogen-bond donors (Lipinski definition) is 1. The van der Waals surface area contributed by atoms with Gasteiger partial charge in [-0.3, -0.25) is 4.98 Å². The Morgan fingerprint density at radius 2 is 2.12 bits per heavy atom. The third kappa shape index (κ3) is 4.21. The summed E-state index contributed by atoms with van der Waals surface area (Å²) in [6.45, 7) is 3.84. The summed E-state index contributed by atoms with van der Waals surface area (Å²) < 4.78 is 7.72. The SMILES string of the molecule is C[C@H](CNC(=O)N1CCC(n2cnnc2)CC1)Oc1cccnc1. The molecule has 3 rings (SSSR count). The number of likely N-dealkylation sites (tertiary alicyclic amines) is 1. The van der Waals surface area contributed by atoms with Crippen LogP contribution in [0.2, 0.25) is 0 Å². The molecule has 2 amide bonds. The molecule has 0 spiro atoms. The quantitative estimate of drug-likeness (QED) is 0.898. The lowest BCUT2D eigenvalue weighted by atomic mass is 10.1. The molecule has 8 nitrogen and oxygen atoms in total. The van der Waals surface area contributed by atoms with Crippen LogP contribution in [0.15, 0.2) is 37.2 Å². The van der Waals surface area contributed by atoms with E-state index in [2.05, 4.69) is 20.5 Å². The summed E-state index contributed by atoms with van der Waals surface area (Å²) in [7, 11) is 0. The van der Waals surface area contributed by atoms with Crippen LogP contribution in [-0.4, -0.2) is 56.4 Å². The van der Waals surface area contributed by atoms with Crippen LogP contribution in [0.3, 0.4) is 0 Å². The number of rotatable bonds is 5. The number of hydrogen-bond acceptors (Lipinski definition) is 5. The maximum absolute atomic E-state index is 12.3. The second kappa shape index (κ2) is 7.76. The lowest BCUT2D eigenvalue weighted by Gasteiger charge is -2.32. The molecule has 1 atom stereocenters. The van der Waals surface area contributed by atoms with E-state index in [1.807, 2.05) is 28.5 Å². The summed E-state index contributed by atoms with van der Waals surface area (Å²) in [5, 5.41) is 10.6. The zero-order valence-electron chi connectivity index (χ0n) is 13.7. The Morgan fingerprint density at radius 3 is 2.79 bits per heavy atom. The van der Waals surface area contributed by atoms with Gasteiger partial charge in [0, 0.05) is 25.3 Å². The zero-order valence-corrected chi connectivity index (χ0v) is 13.7. The number of piperidine rings is 1. The number of carbonyl (C=O) groups is 1. The van der Waals surface area contributed by atoms with E-state index in [1.165, 1.54) is 0 Å². The van der Waals surface area contributed by atoms with Crippen molar-refractivity contribution in [2.45, 2.75) is 31.9 Å². The summed E-state index contributed by atoms with van der Waals surface area (Å²) in [6.07, 6.45) is 8.53. The van der Waals surface area contributed by atoms with Crippen LogP contribution in [0.1, 0.15) is 25.8 Å². The Kier molecular flexibility index (Phi) is 5.25. The average Bonchev–Trinajstić information content (AvgIpc) is 3.15. The van der Waals surface area contributed by atoms with Gasteiger partial charge in [-0.1, -0.05) is 0 Å². The fraction of sp³-hybridized carbons (Fsp3) is 0.500. The van der Waals surface area contributed by atoms with Gasteiger partial charge in [0.05, 0.1) is 12.7 Å². The van der Waals surface area contributed by atoms with E-state index in [9.17, 15) is 4.79 Å². The highest BCUT2D eigenvalue weighted by molar-refractivity contribution is 5.74. The number of pyridine rings is 1. The molecule has 2 aromatic rings. The first-order valence-corrected chi connectivity index (χ1v) is 8.16. The van der Waals surface area contributed by atoms with Gasteiger partial charge in [-0.15, -0.1) is 10.2 Å². The van der Waals surface area contributed by atoms with Crippen molar-refractivity contribution in [1.29, 1.82) is 0 Å². The largest absolute Gasteiger partial charge is 0.487 e. The lowest BCUT2D eigenvalue weighted by molar-refractivity contribution is 0.162. The van der Waals surface area contributed by atoms with Crippen LogP contribution in [0.5, 0.6) is 5.75 Å². The Labute approximate surface area is 140 Å². The minimum atomic E-state index is -0.118. The van der Waals surface area contributed by atoms with Crippen LogP contribution in [0.25, 0.3) is 0 Å². The molecule has 0 unspecified atom stereocenters. The Hall–Kier alpha value is -2.64. The smallest absolute Gasteiger partial charge is 0.317 e. The van der Waals surface area contributed by atoms with Crippen molar-refractivity contribution < 1.29 is 9.53 Å². The molecule has 1 aliphatic heterocycles. The van der Waals surface area contributed by atoms with Crippen LogP contribution < -0.4 is 10.1 Å². The Bertz CT molecular complexity index is 625. The number of carbonyl (C=O) groups excluding carboxylic acids is 1. The van der Waals surface area contributed by atoms with Gasteiger partial charge in [-0.05, 0) is 31.9 Å². The second-order valence-electron chi connectivity index (χ2n) is 5.93. The molecule has 0 saturated carbocycles. The van der Waals surface area contributed by atoms with E-state index in [-0.39, 0.29) is 12.1 Å². The molecule has 128 valence electrons. The standard InChI is InChI=1S/C16H22N6O2/c1-13(24-15-3-2-6-17-10-15)9-18-16(23)21-7-4-14(5-8-21)22-11-19-20-12-22/h2-3,6,10-14H,4-5,7-9H2,1H3,(H,18,23)/t13-/m1/s1. The van der Waals surface area contributed by atoms with Crippen molar-refractivity contribution in [2.75, 3.05) is 19.6 Å². The molecule has 2 aromatic heterocycles. The van der Waals surface area contributed by atoms with E-state index in [4.69, 9.17) is 4.74 Å². The molecular weight excluding hydrogens is 308 g/mol. The zero-order chi connectivity index (χ0) is 16.8. The Morgan fingerprint density at radius 1 is 1.38 bits per heavy atom. The molecule has 0 aromatic carbocycles. The minimum Gasteiger partial charge on any atom is -0.487 e. The predicted molar refractivity (Wildman–Crippen MR) is 87.6 cm³/mol. The van der Waals surface area contributed by atoms with E-state index in [0.717, 1.165) is 25.9 Å². The first-order valence-electron chi connectivity index (χ1n) is 8.16. The maximum Gasteiger partial charge on any atom is 0.317 e. The molecule has 3 heterocycles. The monoisotopic (exact) mass is 330 g/mol. The first-order chi connectivity index (χ1) is 11.7. The fourth-order valence-corrected chi connectivity index (χ4v) is 2.80. The van der Waals surface area contributed by atoms with Gasteiger partial charge in [-0.2, -0.15) is 0 Å². The van der Waals surface area contributed by atoms with Crippen molar-refractivity contribution in [3.05, 3.63) is 37.2 Å². The van der Waals surface area contributed by atoms with E-state index in [1.54, 1.807) is 25.0 Å². The molecule has 1 N–H and O–H groups in total. The highest BCUT2D eigenvalue weighted by Crippen LogP contribution is 2.21. The van der Waals surface area contributed by atoms with E-state index < -0.39 is 0 Å². The molecule has 1 fully saturated rings. The molecular formula is C16H22N6O2. The van der Waals surface area contributed by atoms with E-state index in [0.29, 0.717) is 18.3 Å². The van der Waals surface area contributed by atoms with E-state index >= 15 is 0 Å². The van der Waals surface area contributed by atoms with Crippen LogP contribution in [-0.2, 0) is 0 Å². The summed E-state index contributed by atoms with van der Waals surface area (Å²) in [5.41, 5.74) is 0. The summed E-state index contributed by atoms with van der Waals surface area (Å²) >= 11 is 0. The van der Waals surface area contributed by atoms with Gasteiger partial charge in [-0.25, -0.2) is 4.79 Å². The molecule has 1 aliphatic rings. The molecule has 0 bridgehead atoms. The molecule has 1 saturated heterocycles. The van der Waals surface area contributed by atoms with Crippen molar-refractivity contribution >= 4 is 6.03 Å².